The van der Waals surface area contributed by atoms with Crippen LogP contribution in [0.2, 0.25) is 0 Å². The zero-order chi connectivity index (χ0) is 13.2. The fourth-order valence-corrected chi connectivity index (χ4v) is 1.78. The van der Waals surface area contributed by atoms with Gasteiger partial charge in [0.05, 0.1) is 18.2 Å². The summed E-state index contributed by atoms with van der Waals surface area (Å²) in [5.74, 6) is 0.699. The van der Waals surface area contributed by atoms with Gasteiger partial charge in [0.25, 0.3) is 0 Å². The standard InChI is InChI=1S/C11H9N7O.ClH/c12-11-16-9-8(13-5-14-9)10(17-11)18-3-1-2-7(4-18)15-6-19;/h1-6H,(H3-,12,13,14,15,16,17,19);1H. The van der Waals surface area contributed by atoms with Gasteiger partial charge in [0.1, 0.15) is 6.20 Å². The fourth-order valence-electron chi connectivity index (χ4n) is 1.78. The van der Waals surface area contributed by atoms with Crippen LogP contribution in [0.1, 0.15) is 0 Å². The number of H-pyrrole nitrogens is 1. The molecule has 0 aliphatic carbocycles. The number of nitrogen functional groups attached to an aromatic ring is 1. The minimum absolute atomic E-state index is 0. The van der Waals surface area contributed by atoms with E-state index in [0.29, 0.717) is 29.1 Å². The zero-order valence-electron chi connectivity index (χ0n) is 10.1. The summed E-state index contributed by atoms with van der Waals surface area (Å²) in [6, 6.07) is 3.55. The molecule has 3 rings (SSSR count). The highest BCUT2D eigenvalue weighted by atomic mass is 35.5. The zero-order valence-corrected chi connectivity index (χ0v) is 10.9. The first kappa shape index (κ1) is 13.7. The summed E-state index contributed by atoms with van der Waals surface area (Å²) in [4.78, 5) is 25.7. The number of fused-ring (bicyclic) bond motifs is 1. The number of nitrogens with two attached hydrogens (primary N) is 1. The maximum atomic E-state index is 10.5. The van der Waals surface area contributed by atoms with Gasteiger partial charge in [-0.1, -0.05) is 0 Å². The van der Waals surface area contributed by atoms with Crippen LogP contribution in [0, 0.1) is 0 Å². The predicted octanol–water partition coefficient (Wildman–Crippen LogP) is -3.22. The van der Waals surface area contributed by atoms with E-state index in [1.54, 1.807) is 29.1 Å². The molecule has 0 saturated carbocycles. The molecule has 0 atom stereocenters. The van der Waals surface area contributed by atoms with Crippen molar-refractivity contribution in [3.8, 4) is 5.82 Å². The maximum Gasteiger partial charge on any atom is 0.359 e. The van der Waals surface area contributed by atoms with Crippen molar-refractivity contribution < 1.29 is 21.8 Å². The van der Waals surface area contributed by atoms with Gasteiger partial charge in [0.2, 0.25) is 6.41 Å². The number of carbonyl (C=O) groups is 1. The second-order valence-electron chi connectivity index (χ2n) is 3.77. The SMILES string of the molecule is Nc1nc(-[n+]2cccc(NC=O)c2)c2[nH]cnc2n1.[Cl-]. The smallest absolute Gasteiger partial charge is 0.359 e. The normalized spacial score (nSPS) is 10.0. The third kappa shape index (κ3) is 2.36. The quantitative estimate of drug-likeness (QED) is 0.347. The van der Waals surface area contributed by atoms with E-state index in [4.69, 9.17) is 5.73 Å². The third-order valence-corrected chi connectivity index (χ3v) is 2.55. The van der Waals surface area contributed by atoms with E-state index in [9.17, 15) is 4.79 Å². The van der Waals surface area contributed by atoms with Gasteiger partial charge in [-0.15, -0.1) is 0 Å². The molecule has 9 heteroatoms. The number of hydrogen-bond acceptors (Lipinski definition) is 5. The Balaban J connectivity index is 0.00000147. The Kier molecular flexibility index (Phi) is 3.76. The van der Waals surface area contributed by atoms with Crippen molar-refractivity contribution in [3.63, 3.8) is 0 Å². The van der Waals surface area contributed by atoms with Crippen LogP contribution in [0.3, 0.4) is 0 Å². The molecule has 0 saturated heterocycles. The molecule has 0 radical (unpaired) electrons. The molecule has 3 heterocycles. The monoisotopic (exact) mass is 291 g/mol. The molecule has 0 aliphatic heterocycles. The number of nitrogens with one attached hydrogen (secondary N) is 2. The number of rotatable bonds is 3. The lowest BCUT2D eigenvalue weighted by molar-refractivity contribution is -0.597. The summed E-state index contributed by atoms with van der Waals surface area (Å²) in [5, 5.41) is 2.57. The van der Waals surface area contributed by atoms with Gasteiger partial charge in [0, 0.05) is 4.98 Å². The van der Waals surface area contributed by atoms with Crippen molar-refractivity contribution >= 4 is 29.2 Å². The maximum absolute atomic E-state index is 10.5. The van der Waals surface area contributed by atoms with E-state index < -0.39 is 0 Å². The number of nitrogens with zero attached hydrogens (tertiary/aromatic N) is 4. The van der Waals surface area contributed by atoms with Crippen LogP contribution in [0.25, 0.3) is 17.0 Å². The first-order chi connectivity index (χ1) is 9.28. The van der Waals surface area contributed by atoms with E-state index in [1.807, 2.05) is 0 Å². The topological polar surface area (TPSA) is 113 Å². The van der Waals surface area contributed by atoms with Crippen LogP contribution in [0.5, 0.6) is 0 Å². The lowest BCUT2D eigenvalue weighted by atomic mass is 10.4. The van der Waals surface area contributed by atoms with Gasteiger partial charge in [0.15, 0.2) is 11.2 Å². The van der Waals surface area contributed by atoms with Crippen molar-refractivity contribution in [1.82, 2.24) is 19.9 Å². The van der Waals surface area contributed by atoms with Crippen LogP contribution in [-0.4, -0.2) is 26.3 Å². The Labute approximate surface area is 119 Å². The molecule has 20 heavy (non-hydrogen) atoms. The molecule has 0 aliphatic rings. The molecule has 0 spiro atoms. The highest BCUT2D eigenvalue weighted by molar-refractivity contribution is 5.77. The summed E-state index contributed by atoms with van der Waals surface area (Å²) in [6.07, 6.45) is 5.64. The molecule has 0 aromatic carbocycles. The highest BCUT2D eigenvalue weighted by Crippen LogP contribution is 2.12. The van der Waals surface area contributed by atoms with Gasteiger partial charge < -0.3 is 28.4 Å². The van der Waals surface area contributed by atoms with Crippen molar-refractivity contribution in [1.29, 1.82) is 0 Å². The third-order valence-electron chi connectivity index (χ3n) is 2.55. The number of hydrogen-bond donors (Lipinski definition) is 3. The molecule has 0 fully saturated rings. The lowest BCUT2D eigenvalue weighted by Crippen LogP contribution is -3.00. The largest absolute Gasteiger partial charge is 1.00 e. The number of anilines is 2. The Bertz CT molecular complexity index is 757. The first-order valence-electron chi connectivity index (χ1n) is 5.46. The lowest BCUT2D eigenvalue weighted by Gasteiger charge is -2.00. The van der Waals surface area contributed by atoms with Gasteiger partial charge in [-0.05, 0) is 12.1 Å². The van der Waals surface area contributed by atoms with Crippen LogP contribution in [0.4, 0.5) is 11.6 Å². The number of aromatic amines is 1. The Morgan fingerprint density at radius 2 is 2.25 bits per heavy atom. The molecule has 3 aromatic heterocycles. The molecule has 102 valence electrons. The Morgan fingerprint density at radius 1 is 1.40 bits per heavy atom. The second-order valence-corrected chi connectivity index (χ2v) is 3.77. The minimum Gasteiger partial charge on any atom is -1.00 e. The summed E-state index contributed by atoms with van der Waals surface area (Å²) >= 11 is 0. The molecule has 8 nitrogen and oxygen atoms in total. The van der Waals surface area contributed by atoms with E-state index in [-0.39, 0.29) is 18.4 Å². The highest BCUT2D eigenvalue weighted by Gasteiger charge is 2.18. The van der Waals surface area contributed by atoms with Crippen molar-refractivity contribution in [2.75, 3.05) is 11.1 Å². The molecule has 0 bridgehead atoms. The van der Waals surface area contributed by atoms with Gasteiger partial charge in [-0.2, -0.15) is 9.55 Å². The number of amides is 1. The molecule has 4 N–H and O–H groups in total. The second kappa shape index (κ2) is 5.49. The van der Waals surface area contributed by atoms with E-state index >= 15 is 0 Å². The average Bonchev–Trinajstić information content (AvgIpc) is 2.86. The van der Waals surface area contributed by atoms with Crippen molar-refractivity contribution in [2.24, 2.45) is 0 Å². The average molecular weight is 292 g/mol. The summed E-state index contributed by atoms with van der Waals surface area (Å²) < 4.78 is 1.73. The van der Waals surface area contributed by atoms with Crippen LogP contribution < -0.4 is 28.0 Å². The van der Waals surface area contributed by atoms with Gasteiger partial charge >= 0.3 is 11.8 Å². The molecule has 3 aromatic rings. The van der Waals surface area contributed by atoms with Crippen LogP contribution >= 0.6 is 0 Å². The predicted molar refractivity (Wildman–Crippen MR) is 67.3 cm³/mol. The summed E-state index contributed by atoms with van der Waals surface area (Å²) in [6.45, 7) is 0. The van der Waals surface area contributed by atoms with Crippen LogP contribution in [-0.2, 0) is 4.79 Å². The first-order valence-corrected chi connectivity index (χ1v) is 5.46. The summed E-state index contributed by atoms with van der Waals surface area (Å²) in [7, 11) is 0. The molecular formula is C11H10ClN7O. The van der Waals surface area contributed by atoms with E-state index in [2.05, 4.69) is 25.3 Å². The molecular weight excluding hydrogens is 282 g/mol. The number of carbonyl (C=O) groups excluding carboxylic acids is 1. The van der Waals surface area contributed by atoms with Crippen molar-refractivity contribution in [3.05, 3.63) is 30.9 Å². The van der Waals surface area contributed by atoms with Gasteiger partial charge in [-0.3, -0.25) is 4.79 Å². The van der Waals surface area contributed by atoms with E-state index in [0.717, 1.165) is 0 Å². The van der Waals surface area contributed by atoms with Gasteiger partial charge in [-0.25, -0.2) is 4.98 Å². The van der Waals surface area contributed by atoms with Crippen LogP contribution in [0.15, 0.2) is 30.9 Å². The fraction of sp³-hybridized carbons (Fsp3) is 0. The molecule has 0 unspecified atom stereocenters. The number of halogens is 1. The number of aromatic nitrogens is 5. The minimum atomic E-state index is 0. The number of imidazole rings is 1. The Hall–Kier alpha value is -2.74. The number of pyridine rings is 1. The Morgan fingerprint density at radius 3 is 3.05 bits per heavy atom. The summed E-state index contributed by atoms with van der Waals surface area (Å²) in [5.41, 5.74) is 7.46. The van der Waals surface area contributed by atoms with E-state index in [1.165, 1.54) is 6.33 Å². The van der Waals surface area contributed by atoms with Crippen molar-refractivity contribution in [2.45, 2.75) is 0 Å². The molecule has 1 amide bonds.